The molecule has 3 nitrogen and oxygen atoms in total. The van der Waals surface area contributed by atoms with Gasteiger partial charge in [0.2, 0.25) is 0 Å². The van der Waals surface area contributed by atoms with E-state index in [0.717, 1.165) is 23.4 Å². The molecule has 0 aliphatic carbocycles. The van der Waals surface area contributed by atoms with E-state index in [2.05, 4.69) is 24.1 Å². The molecule has 0 fully saturated rings. The molecule has 0 radical (unpaired) electrons. The summed E-state index contributed by atoms with van der Waals surface area (Å²) in [6.45, 7) is 6.18. The van der Waals surface area contributed by atoms with Crippen molar-refractivity contribution in [3.8, 4) is 0 Å². The maximum atomic E-state index is 12.3. The number of carbonyl (C=O) groups is 1. The first kappa shape index (κ1) is 14.7. The van der Waals surface area contributed by atoms with Crippen LogP contribution in [0.15, 0.2) is 30.5 Å². The minimum Gasteiger partial charge on any atom is -0.343 e. The molecule has 0 bridgehead atoms. The molecule has 0 saturated carbocycles. The molecule has 1 atom stereocenters. The van der Waals surface area contributed by atoms with Crippen molar-refractivity contribution in [2.24, 2.45) is 0 Å². The van der Waals surface area contributed by atoms with Crippen LogP contribution < -0.4 is 5.32 Å². The van der Waals surface area contributed by atoms with Crippen molar-refractivity contribution in [1.82, 2.24) is 10.3 Å². The van der Waals surface area contributed by atoms with Crippen LogP contribution in [0.25, 0.3) is 0 Å². The molecule has 2 rings (SSSR count). The lowest BCUT2D eigenvalue weighted by molar-refractivity contribution is 0.0943. The lowest BCUT2D eigenvalue weighted by Gasteiger charge is -2.12. The van der Waals surface area contributed by atoms with Crippen LogP contribution in [-0.4, -0.2) is 10.9 Å². The Morgan fingerprint density at radius 3 is 2.90 bits per heavy atom. The van der Waals surface area contributed by atoms with Gasteiger partial charge in [0, 0.05) is 11.1 Å². The lowest BCUT2D eigenvalue weighted by atomic mass is 10.1. The minimum atomic E-state index is -0.0827. The van der Waals surface area contributed by atoms with Crippen LogP contribution in [0.1, 0.15) is 52.1 Å². The van der Waals surface area contributed by atoms with Gasteiger partial charge in [-0.2, -0.15) is 0 Å². The Morgan fingerprint density at radius 1 is 1.45 bits per heavy atom. The third kappa shape index (κ3) is 3.45. The molecule has 2 aromatic heterocycles. The van der Waals surface area contributed by atoms with Crippen molar-refractivity contribution >= 4 is 17.2 Å². The summed E-state index contributed by atoms with van der Waals surface area (Å²) in [5.74, 6) is -0.0152. The highest BCUT2D eigenvalue weighted by molar-refractivity contribution is 7.14. The molecule has 1 amide bonds. The smallest absolute Gasteiger partial charge is 0.261 e. The Hall–Kier alpha value is -1.68. The molecule has 0 spiro atoms. The largest absolute Gasteiger partial charge is 0.343 e. The van der Waals surface area contributed by atoms with Gasteiger partial charge in [-0.25, -0.2) is 0 Å². The molecule has 0 unspecified atom stereocenters. The molecule has 0 aliphatic heterocycles. The summed E-state index contributed by atoms with van der Waals surface area (Å²) < 4.78 is 0. The highest BCUT2D eigenvalue weighted by atomic mass is 32.1. The van der Waals surface area contributed by atoms with Crippen LogP contribution >= 0.6 is 11.3 Å². The minimum absolute atomic E-state index is 0.0152. The van der Waals surface area contributed by atoms with Crippen molar-refractivity contribution in [2.45, 2.75) is 39.7 Å². The summed E-state index contributed by atoms with van der Waals surface area (Å²) in [6.07, 6.45) is 3.88. The number of carbonyl (C=O) groups excluding carboxylic acids is 1. The molecule has 1 N–H and O–H groups in total. The average molecular weight is 288 g/mol. The number of thiophene rings is 1. The maximum absolute atomic E-state index is 12.3. The number of nitrogens with one attached hydrogen (secondary N) is 1. The zero-order chi connectivity index (χ0) is 14.5. The first-order chi connectivity index (χ1) is 9.61. The van der Waals surface area contributed by atoms with Crippen LogP contribution in [0.5, 0.6) is 0 Å². The number of pyridine rings is 1. The molecule has 2 aromatic rings. The average Bonchev–Trinajstić information content (AvgIpc) is 2.82. The van der Waals surface area contributed by atoms with Gasteiger partial charge in [-0.1, -0.05) is 19.4 Å². The van der Waals surface area contributed by atoms with E-state index in [1.54, 1.807) is 17.5 Å². The standard InChI is InChI=1S/C16H20N2OS/c1-4-7-13-10-15(20-12(13)3)16(19)18-11(2)14-8-5-6-9-17-14/h5-6,8-11H,4,7H2,1-3H3,(H,18,19)/t11-/m1/s1. The van der Waals surface area contributed by atoms with Gasteiger partial charge in [0.15, 0.2) is 0 Å². The van der Waals surface area contributed by atoms with Gasteiger partial charge in [-0.15, -0.1) is 11.3 Å². The van der Waals surface area contributed by atoms with Gasteiger partial charge in [-0.05, 0) is 44.0 Å². The Morgan fingerprint density at radius 2 is 2.25 bits per heavy atom. The van der Waals surface area contributed by atoms with Gasteiger partial charge in [-0.3, -0.25) is 9.78 Å². The second kappa shape index (κ2) is 6.66. The van der Waals surface area contributed by atoms with E-state index in [9.17, 15) is 4.79 Å². The molecule has 0 saturated heterocycles. The summed E-state index contributed by atoms with van der Waals surface area (Å²) in [5.41, 5.74) is 2.16. The molecular weight excluding hydrogens is 268 g/mol. The molecule has 4 heteroatoms. The number of hydrogen-bond donors (Lipinski definition) is 1. The van der Waals surface area contributed by atoms with Gasteiger partial charge < -0.3 is 5.32 Å². The van der Waals surface area contributed by atoms with E-state index < -0.39 is 0 Å². The Bertz CT molecular complexity index is 577. The molecule has 0 aromatic carbocycles. The van der Waals surface area contributed by atoms with E-state index in [1.165, 1.54) is 10.4 Å². The number of nitrogens with zero attached hydrogens (tertiary/aromatic N) is 1. The van der Waals surface area contributed by atoms with E-state index >= 15 is 0 Å². The van der Waals surface area contributed by atoms with Crippen LogP contribution in [0.3, 0.4) is 0 Å². The third-order valence-electron chi connectivity index (χ3n) is 3.24. The topological polar surface area (TPSA) is 42.0 Å². The highest BCUT2D eigenvalue weighted by Gasteiger charge is 2.15. The SMILES string of the molecule is CCCc1cc(C(=O)N[C@H](C)c2ccccn2)sc1C. The van der Waals surface area contributed by atoms with E-state index in [4.69, 9.17) is 0 Å². The zero-order valence-corrected chi connectivity index (χ0v) is 13.0. The molecular formula is C16H20N2OS. The monoisotopic (exact) mass is 288 g/mol. The Balaban J connectivity index is 2.06. The fourth-order valence-electron chi connectivity index (χ4n) is 2.12. The number of amides is 1. The van der Waals surface area contributed by atoms with Gasteiger partial charge >= 0.3 is 0 Å². The zero-order valence-electron chi connectivity index (χ0n) is 12.1. The van der Waals surface area contributed by atoms with Crippen LogP contribution in [0.2, 0.25) is 0 Å². The first-order valence-corrected chi connectivity index (χ1v) is 7.74. The lowest BCUT2D eigenvalue weighted by Crippen LogP contribution is -2.26. The van der Waals surface area contributed by atoms with Gasteiger partial charge in [0.05, 0.1) is 16.6 Å². The van der Waals surface area contributed by atoms with Gasteiger partial charge in [0.1, 0.15) is 0 Å². The first-order valence-electron chi connectivity index (χ1n) is 6.93. The van der Waals surface area contributed by atoms with Crippen molar-refractivity contribution in [3.05, 3.63) is 51.5 Å². The summed E-state index contributed by atoms with van der Waals surface area (Å²) in [5, 5.41) is 3.00. The van der Waals surface area contributed by atoms with Crippen molar-refractivity contribution in [1.29, 1.82) is 0 Å². The quantitative estimate of drug-likeness (QED) is 0.906. The Kier molecular flexibility index (Phi) is 4.90. The van der Waals surface area contributed by atoms with E-state index in [0.29, 0.717) is 0 Å². The van der Waals surface area contributed by atoms with Gasteiger partial charge in [0.25, 0.3) is 5.91 Å². The molecule has 0 aliphatic rings. The number of rotatable bonds is 5. The number of hydrogen-bond acceptors (Lipinski definition) is 3. The summed E-state index contributed by atoms with van der Waals surface area (Å²) >= 11 is 1.57. The summed E-state index contributed by atoms with van der Waals surface area (Å²) in [4.78, 5) is 18.6. The normalized spacial score (nSPS) is 12.2. The number of aryl methyl sites for hydroxylation is 2. The summed E-state index contributed by atoms with van der Waals surface area (Å²) in [6, 6.07) is 7.66. The predicted molar refractivity (Wildman–Crippen MR) is 83.2 cm³/mol. The predicted octanol–water partition coefficient (Wildman–Crippen LogP) is 3.90. The number of aromatic nitrogens is 1. The van der Waals surface area contributed by atoms with Crippen LogP contribution in [0.4, 0.5) is 0 Å². The summed E-state index contributed by atoms with van der Waals surface area (Å²) in [7, 11) is 0. The van der Waals surface area contributed by atoms with Crippen molar-refractivity contribution in [3.63, 3.8) is 0 Å². The van der Waals surface area contributed by atoms with E-state index in [-0.39, 0.29) is 11.9 Å². The van der Waals surface area contributed by atoms with Crippen LogP contribution in [0, 0.1) is 6.92 Å². The van der Waals surface area contributed by atoms with Crippen molar-refractivity contribution in [2.75, 3.05) is 0 Å². The third-order valence-corrected chi connectivity index (χ3v) is 4.33. The Labute approximate surface area is 124 Å². The fraction of sp³-hybridized carbons (Fsp3) is 0.375. The highest BCUT2D eigenvalue weighted by Crippen LogP contribution is 2.23. The second-order valence-electron chi connectivity index (χ2n) is 4.89. The molecule has 106 valence electrons. The fourth-order valence-corrected chi connectivity index (χ4v) is 3.10. The maximum Gasteiger partial charge on any atom is 0.261 e. The van der Waals surface area contributed by atoms with E-state index in [1.807, 2.05) is 31.2 Å². The molecule has 20 heavy (non-hydrogen) atoms. The van der Waals surface area contributed by atoms with Crippen molar-refractivity contribution < 1.29 is 4.79 Å². The second-order valence-corrected chi connectivity index (χ2v) is 6.15. The molecule has 2 heterocycles. The van der Waals surface area contributed by atoms with Crippen LogP contribution in [-0.2, 0) is 6.42 Å².